The average Bonchev–Trinajstić information content (AvgIpc) is 2.45. The van der Waals surface area contributed by atoms with Crippen molar-refractivity contribution in [2.45, 2.75) is 0 Å². The molecule has 1 aromatic rings. The Balaban J connectivity index is 2.17. The van der Waals surface area contributed by atoms with Gasteiger partial charge in [0.1, 0.15) is 11.6 Å². The third-order valence-corrected chi connectivity index (χ3v) is 2.16. The number of rotatable bonds is 8. The molecule has 6 nitrogen and oxygen atoms in total. The van der Waals surface area contributed by atoms with E-state index in [2.05, 4.69) is 10.1 Å². The largest absolute Gasteiger partial charge is 0.482 e. The fourth-order valence-electron chi connectivity index (χ4n) is 1.20. The average molecular weight is 285 g/mol. The molecular formula is C13H16FNO5. The Bertz CT molecular complexity index is 435. The molecule has 1 N–H and O–H groups in total. The molecule has 0 heterocycles. The maximum atomic E-state index is 12.6. The summed E-state index contributed by atoms with van der Waals surface area (Å²) in [6.07, 6.45) is 0. The minimum absolute atomic E-state index is 0.341. The van der Waals surface area contributed by atoms with Crippen molar-refractivity contribution < 1.29 is 28.2 Å². The van der Waals surface area contributed by atoms with Gasteiger partial charge in [-0.3, -0.25) is 4.79 Å². The second-order valence-electron chi connectivity index (χ2n) is 3.75. The third-order valence-electron chi connectivity index (χ3n) is 2.16. The van der Waals surface area contributed by atoms with E-state index in [1.54, 1.807) is 0 Å². The molecule has 0 radical (unpaired) electrons. The lowest BCUT2D eigenvalue weighted by molar-refractivity contribution is -0.150. The number of hydrogen-bond acceptors (Lipinski definition) is 5. The summed E-state index contributed by atoms with van der Waals surface area (Å²) in [4.78, 5) is 22.5. The van der Waals surface area contributed by atoms with Crippen molar-refractivity contribution in [3.63, 3.8) is 0 Å². The van der Waals surface area contributed by atoms with E-state index in [1.165, 1.54) is 31.4 Å². The summed E-state index contributed by atoms with van der Waals surface area (Å²) in [7, 11) is 1.51. The zero-order valence-electron chi connectivity index (χ0n) is 11.1. The van der Waals surface area contributed by atoms with Gasteiger partial charge in [0.15, 0.2) is 13.2 Å². The van der Waals surface area contributed by atoms with Crippen molar-refractivity contribution in [3.8, 4) is 5.75 Å². The van der Waals surface area contributed by atoms with Crippen LogP contribution in [0.15, 0.2) is 24.3 Å². The van der Waals surface area contributed by atoms with Crippen molar-refractivity contribution in [1.29, 1.82) is 0 Å². The number of amides is 1. The van der Waals surface area contributed by atoms with Crippen LogP contribution >= 0.6 is 0 Å². The molecule has 0 aliphatic carbocycles. The van der Waals surface area contributed by atoms with Crippen LogP contribution in [-0.2, 0) is 19.1 Å². The normalized spacial score (nSPS) is 9.90. The van der Waals surface area contributed by atoms with E-state index in [4.69, 9.17) is 9.47 Å². The van der Waals surface area contributed by atoms with Crippen LogP contribution < -0.4 is 10.1 Å². The zero-order valence-corrected chi connectivity index (χ0v) is 11.1. The summed E-state index contributed by atoms with van der Waals surface area (Å²) in [6.45, 7) is -0.00135. The van der Waals surface area contributed by atoms with E-state index in [1.807, 2.05) is 0 Å². The highest BCUT2D eigenvalue weighted by Gasteiger charge is 2.08. The molecule has 0 spiro atoms. The Labute approximate surface area is 115 Å². The maximum absolute atomic E-state index is 12.6. The molecule has 0 fully saturated rings. The fourth-order valence-corrected chi connectivity index (χ4v) is 1.20. The van der Waals surface area contributed by atoms with Crippen molar-refractivity contribution in [1.82, 2.24) is 5.32 Å². The highest BCUT2D eigenvalue weighted by molar-refractivity contribution is 5.80. The number of esters is 1. The lowest BCUT2D eigenvalue weighted by atomic mass is 10.3. The minimum Gasteiger partial charge on any atom is -0.482 e. The lowest BCUT2D eigenvalue weighted by Gasteiger charge is -2.07. The SMILES string of the molecule is COCCNC(=O)COC(=O)COc1ccc(F)cc1. The molecular weight excluding hydrogens is 269 g/mol. The van der Waals surface area contributed by atoms with E-state index in [0.717, 1.165) is 0 Å². The van der Waals surface area contributed by atoms with E-state index in [-0.39, 0.29) is 13.2 Å². The molecule has 1 aromatic carbocycles. The Morgan fingerprint density at radius 2 is 1.90 bits per heavy atom. The lowest BCUT2D eigenvalue weighted by Crippen LogP contribution is -2.32. The maximum Gasteiger partial charge on any atom is 0.344 e. The topological polar surface area (TPSA) is 73.9 Å². The monoisotopic (exact) mass is 285 g/mol. The number of carbonyl (C=O) groups excluding carboxylic acids is 2. The van der Waals surface area contributed by atoms with Crippen LogP contribution in [0.1, 0.15) is 0 Å². The third kappa shape index (κ3) is 6.69. The number of carbonyl (C=O) groups is 2. The molecule has 1 rings (SSSR count). The molecule has 0 atom stereocenters. The highest BCUT2D eigenvalue weighted by atomic mass is 19.1. The molecule has 0 saturated heterocycles. The minimum atomic E-state index is -0.684. The van der Waals surface area contributed by atoms with E-state index in [9.17, 15) is 14.0 Å². The first-order valence-corrected chi connectivity index (χ1v) is 5.91. The Hall–Kier alpha value is -2.15. The summed E-state index contributed by atoms with van der Waals surface area (Å²) < 4.78 is 27.1. The van der Waals surface area contributed by atoms with Crippen LogP contribution in [0, 0.1) is 5.82 Å². The molecule has 110 valence electrons. The van der Waals surface area contributed by atoms with Gasteiger partial charge in [0, 0.05) is 13.7 Å². The van der Waals surface area contributed by atoms with Gasteiger partial charge in [-0.1, -0.05) is 0 Å². The summed E-state index contributed by atoms with van der Waals surface area (Å²) >= 11 is 0. The highest BCUT2D eigenvalue weighted by Crippen LogP contribution is 2.10. The van der Waals surface area contributed by atoms with Gasteiger partial charge in [0.05, 0.1) is 6.61 Å². The second-order valence-corrected chi connectivity index (χ2v) is 3.75. The Morgan fingerprint density at radius 1 is 1.20 bits per heavy atom. The predicted molar refractivity (Wildman–Crippen MR) is 67.7 cm³/mol. The van der Waals surface area contributed by atoms with Gasteiger partial charge >= 0.3 is 5.97 Å². The molecule has 0 unspecified atom stereocenters. The van der Waals surface area contributed by atoms with Gasteiger partial charge < -0.3 is 19.5 Å². The molecule has 0 aliphatic heterocycles. The van der Waals surface area contributed by atoms with Crippen molar-refractivity contribution >= 4 is 11.9 Å². The van der Waals surface area contributed by atoms with Gasteiger partial charge in [-0.2, -0.15) is 0 Å². The van der Waals surface area contributed by atoms with Crippen molar-refractivity contribution in [3.05, 3.63) is 30.1 Å². The Morgan fingerprint density at radius 3 is 2.55 bits per heavy atom. The Kier molecular flexibility index (Phi) is 7.05. The van der Waals surface area contributed by atoms with Gasteiger partial charge in [-0.25, -0.2) is 9.18 Å². The number of ether oxygens (including phenoxy) is 3. The van der Waals surface area contributed by atoms with Gasteiger partial charge in [-0.05, 0) is 24.3 Å². The molecule has 0 saturated carbocycles. The summed E-state index contributed by atoms with van der Waals surface area (Å²) in [5, 5.41) is 2.50. The van der Waals surface area contributed by atoms with Gasteiger partial charge in [-0.15, -0.1) is 0 Å². The van der Waals surface area contributed by atoms with Gasteiger partial charge in [0.2, 0.25) is 0 Å². The van der Waals surface area contributed by atoms with Crippen LogP contribution in [0.4, 0.5) is 4.39 Å². The number of halogens is 1. The molecule has 0 aromatic heterocycles. The molecule has 1 amide bonds. The zero-order chi connectivity index (χ0) is 14.8. The first-order chi connectivity index (χ1) is 9.61. The molecule has 0 aliphatic rings. The second kappa shape index (κ2) is 8.87. The summed E-state index contributed by atoms with van der Waals surface area (Å²) in [5.41, 5.74) is 0. The number of nitrogens with one attached hydrogen (secondary N) is 1. The first kappa shape index (κ1) is 15.9. The van der Waals surface area contributed by atoms with Gasteiger partial charge in [0.25, 0.3) is 5.91 Å². The van der Waals surface area contributed by atoms with Crippen LogP contribution in [-0.4, -0.2) is 45.4 Å². The summed E-state index contributed by atoms with van der Waals surface area (Å²) in [5.74, 6) is -1.16. The summed E-state index contributed by atoms with van der Waals surface area (Å²) in [6, 6.07) is 5.20. The number of benzene rings is 1. The fraction of sp³-hybridized carbons (Fsp3) is 0.385. The van der Waals surface area contributed by atoms with E-state index >= 15 is 0 Å². The molecule has 0 bridgehead atoms. The number of hydrogen-bond donors (Lipinski definition) is 1. The van der Waals surface area contributed by atoms with Crippen LogP contribution in [0.5, 0.6) is 5.75 Å². The van der Waals surface area contributed by atoms with Crippen LogP contribution in [0.25, 0.3) is 0 Å². The van der Waals surface area contributed by atoms with E-state index < -0.39 is 17.7 Å². The van der Waals surface area contributed by atoms with Crippen molar-refractivity contribution in [2.75, 3.05) is 33.5 Å². The molecule has 20 heavy (non-hydrogen) atoms. The van der Waals surface area contributed by atoms with Crippen molar-refractivity contribution in [2.24, 2.45) is 0 Å². The molecule has 7 heteroatoms. The number of methoxy groups -OCH3 is 1. The van der Waals surface area contributed by atoms with E-state index in [0.29, 0.717) is 18.9 Å². The smallest absolute Gasteiger partial charge is 0.344 e. The van der Waals surface area contributed by atoms with Crippen LogP contribution in [0.2, 0.25) is 0 Å². The quantitative estimate of drug-likeness (QED) is 0.556. The first-order valence-electron chi connectivity index (χ1n) is 5.91. The van der Waals surface area contributed by atoms with Crippen LogP contribution in [0.3, 0.4) is 0 Å². The standard InChI is InChI=1S/C13H16FNO5/c1-18-7-6-15-12(16)8-20-13(17)9-19-11-4-2-10(14)3-5-11/h2-5H,6-9H2,1H3,(H,15,16). The predicted octanol–water partition coefficient (Wildman–Crippen LogP) is 0.510.